The summed E-state index contributed by atoms with van der Waals surface area (Å²) in [5.74, 6) is -0.0294. The number of nitrogens with one attached hydrogen (secondary N) is 1. The highest BCUT2D eigenvalue weighted by atomic mass is 16.5. The number of aliphatic hydroxyl groups is 2. The zero-order valence-electron chi connectivity index (χ0n) is 49.1. The molecule has 430 valence electrons. The number of unbranched alkanes of at least 4 members (excludes halogenated alkanes) is 44. The second-order valence-electron chi connectivity index (χ2n) is 22.4. The SMILES string of the molecule is CCCC/C=C\CCCCCCCC(=O)OCCCCCCCCCCC/C=C\C/C=C\CCCCCCCCCCCCCCCCCCCC(=O)NC(CO)C(O)CCCCCCCCCCCCCC. The van der Waals surface area contributed by atoms with E-state index in [1.54, 1.807) is 0 Å². The van der Waals surface area contributed by atoms with Gasteiger partial charge in [-0.2, -0.15) is 0 Å². The highest BCUT2D eigenvalue weighted by Gasteiger charge is 2.20. The van der Waals surface area contributed by atoms with Gasteiger partial charge in [0.25, 0.3) is 0 Å². The molecule has 0 aliphatic heterocycles. The van der Waals surface area contributed by atoms with Crippen LogP contribution in [-0.4, -0.2) is 47.4 Å². The van der Waals surface area contributed by atoms with Gasteiger partial charge in [-0.05, 0) is 77.0 Å². The molecule has 73 heavy (non-hydrogen) atoms. The van der Waals surface area contributed by atoms with E-state index in [-0.39, 0.29) is 18.5 Å². The van der Waals surface area contributed by atoms with Crippen molar-refractivity contribution in [2.75, 3.05) is 13.2 Å². The maximum atomic E-state index is 12.5. The number of hydrogen-bond donors (Lipinski definition) is 3. The Morgan fingerprint density at radius 2 is 0.699 bits per heavy atom. The highest BCUT2D eigenvalue weighted by Crippen LogP contribution is 2.18. The van der Waals surface area contributed by atoms with Crippen LogP contribution >= 0.6 is 0 Å². The molecule has 0 aliphatic carbocycles. The Morgan fingerprint density at radius 1 is 0.384 bits per heavy atom. The standard InChI is InChI=1S/C67H127NO5/c1-3-5-7-9-11-13-15-40-43-47-51-55-59-65(70)64(63-69)68-66(71)60-56-52-48-44-41-37-35-33-31-29-27-25-23-21-19-17-16-18-20-22-24-26-28-30-32-34-36-38-42-46-50-54-58-62-73-67(72)61-57-53-49-45-39-14-12-10-8-6-4-2/h10,12,20,22,26,28,64-65,69-70H,3-9,11,13-19,21,23-25,27,29-63H2,1-2H3,(H,68,71)/b12-10-,22-20-,28-26-. The molecule has 2 atom stereocenters. The van der Waals surface area contributed by atoms with Gasteiger partial charge >= 0.3 is 5.97 Å². The minimum absolute atomic E-state index is 0.00299. The Balaban J connectivity index is 3.37. The van der Waals surface area contributed by atoms with E-state index in [1.807, 2.05) is 0 Å². The maximum Gasteiger partial charge on any atom is 0.305 e. The molecule has 6 nitrogen and oxygen atoms in total. The number of rotatable bonds is 61. The fraction of sp³-hybridized carbons (Fsp3) is 0.881. The van der Waals surface area contributed by atoms with Crippen molar-refractivity contribution < 1.29 is 24.5 Å². The number of esters is 1. The summed E-state index contributed by atoms with van der Waals surface area (Å²) in [5.41, 5.74) is 0. The van der Waals surface area contributed by atoms with Crippen LogP contribution in [0.25, 0.3) is 0 Å². The van der Waals surface area contributed by atoms with Crippen LogP contribution in [0.3, 0.4) is 0 Å². The third-order valence-electron chi connectivity index (χ3n) is 15.2. The number of aliphatic hydroxyl groups excluding tert-OH is 2. The van der Waals surface area contributed by atoms with Gasteiger partial charge in [0.1, 0.15) is 0 Å². The number of ether oxygens (including phenoxy) is 1. The van der Waals surface area contributed by atoms with Gasteiger partial charge < -0.3 is 20.3 Å². The van der Waals surface area contributed by atoms with E-state index in [2.05, 4.69) is 55.6 Å². The predicted molar refractivity (Wildman–Crippen MR) is 319 cm³/mol. The molecule has 1 amide bonds. The lowest BCUT2D eigenvalue weighted by atomic mass is 10.0. The molecule has 6 heteroatoms. The fourth-order valence-corrected chi connectivity index (χ4v) is 10.1. The van der Waals surface area contributed by atoms with Crippen molar-refractivity contribution in [2.45, 2.75) is 366 Å². The molecule has 3 N–H and O–H groups in total. The number of allylic oxidation sites excluding steroid dienone is 6. The first-order chi connectivity index (χ1) is 36.0. The Morgan fingerprint density at radius 3 is 1.10 bits per heavy atom. The van der Waals surface area contributed by atoms with Crippen LogP contribution in [0.15, 0.2) is 36.5 Å². The van der Waals surface area contributed by atoms with Gasteiger partial charge in [-0.3, -0.25) is 9.59 Å². The van der Waals surface area contributed by atoms with Crippen LogP contribution in [0.1, 0.15) is 354 Å². The number of hydrogen-bond acceptors (Lipinski definition) is 5. The van der Waals surface area contributed by atoms with Crippen molar-refractivity contribution >= 4 is 11.9 Å². The number of carbonyl (C=O) groups is 2. The third-order valence-corrected chi connectivity index (χ3v) is 15.2. The van der Waals surface area contributed by atoms with Crippen molar-refractivity contribution in [3.05, 3.63) is 36.5 Å². The summed E-state index contributed by atoms with van der Waals surface area (Å²) in [6, 6.07) is -0.539. The molecule has 0 saturated heterocycles. The Hall–Kier alpha value is -1.92. The van der Waals surface area contributed by atoms with Crippen LogP contribution in [0, 0.1) is 0 Å². The lowest BCUT2D eigenvalue weighted by Gasteiger charge is -2.22. The van der Waals surface area contributed by atoms with Crippen LogP contribution in [0.2, 0.25) is 0 Å². The topological polar surface area (TPSA) is 95.9 Å². The summed E-state index contributed by atoms with van der Waals surface area (Å²) in [5, 5.41) is 23.2. The van der Waals surface area contributed by atoms with Gasteiger partial charge in [-0.1, -0.05) is 301 Å². The lowest BCUT2D eigenvalue weighted by molar-refractivity contribution is -0.143. The molecule has 0 spiro atoms. The molecule has 0 aromatic rings. The molecule has 0 fully saturated rings. The minimum Gasteiger partial charge on any atom is -0.466 e. The van der Waals surface area contributed by atoms with Crippen molar-refractivity contribution in [1.29, 1.82) is 0 Å². The van der Waals surface area contributed by atoms with Crippen molar-refractivity contribution in [1.82, 2.24) is 5.32 Å². The van der Waals surface area contributed by atoms with Crippen LogP contribution in [-0.2, 0) is 14.3 Å². The molecule has 0 aromatic carbocycles. The first-order valence-electron chi connectivity index (χ1n) is 32.7. The van der Waals surface area contributed by atoms with E-state index < -0.39 is 12.1 Å². The second-order valence-corrected chi connectivity index (χ2v) is 22.4. The van der Waals surface area contributed by atoms with E-state index >= 15 is 0 Å². The minimum atomic E-state index is -0.662. The average Bonchev–Trinajstić information content (AvgIpc) is 3.39. The Bertz CT molecular complexity index is 1180. The van der Waals surface area contributed by atoms with E-state index in [0.29, 0.717) is 25.9 Å². The van der Waals surface area contributed by atoms with Crippen molar-refractivity contribution in [3.63, 3.8) is 0 Å². The summed E-state index contributed by atoms with van der Waals surface area (Å²) < 4.78 is 5.46. The van der Waals surface area contributed by atoms with E-state index in [4.69, 9.17) is 4.74 Å². The van der Waals surface area contributed by atoms with Crippen LogP contribution < -0.4 is 5.32 Å². The van der Waals surface area contributed by atoms with Gasteiger partial charge in [0.2, 0.25) is 5.91 Å². The molecule has 0 heterocycles. The summed E-state index contributed by atoms with van der Waals surface area (Å²) >= 11 is 0. The fourth-order valence-electron chi connectivity index (χ4n) is 10.1. The number of amides is 1. The van der Waals surface area contributed by atoms with Gasteiger partial charge in [-0.25, -0.2) is 0 Å². The molecule has 0 bridgehead atoms. The van der Waals surface area contributed by atoms with Gasteiger partial charge in [0, 0.05) is 12.8 Å². The Labute approximate surface area is 455 Å². The smallest absolute Gasteiger partial charge is 0.305 e. The zero-order chi connectivity index (χ0) is 52.9. The van der Waals surface area contributed by atoms with E-state index in [0.717, 1.165) is 51.4 Å². The zero-order valence-corrected chi connectivity index (χ0v) is 49.1. The largest absolute Gasteiger partial charge is 0.466 e. The summed E-state index contributed by atoms with van der Waals surface area (Å²) in [7, 11) is 0. The first-order valence-corrected chi connectivity index (χ1v) is 32.7. The third kappa shape index (κ3) is 59.2. The van der Waals surface area contributed by atoms with Crippen molar-refractivity contribution in [2.24, 2.45) is 0 Å². The van der Waals surface area contributed by atoms with Gasteiger partial charge in [-0.15, -0.1) is 0 Å². The molecule has 2 unspecified atom stereocenters. The maximum absolute atomic E-state index is 12.5. The molecular formula is C67H127NO5. The molecule has 0 aliphatic rings. The summed E-state index contributed by atoms with van der Waals surface area (Å²) in [6.07, 6.45) is 79.0. The average molecular weight is 1030 g/mol. The number of carbonyl (C=O) groups excluding carboxylic acids is 2. The molecule has 0 rings (SSSR count). The Kier molecular flexibility index (Phi) is 61.0. The quantitative estimate of drug-likeness (QED) is 0.0320. The first kappa shape index (κ1) is 71.1. The molecule has 0 radical (unpaired) electrons. The summed E-state index contributed by atoms with van der Waals surface area (Å²) in [6.45, 7) is 4.92. The van der Waals surface area contributed by atoms with Gasteiger partial charge in [0.15, 0.2) is 0 Å². The summed E-state index contributed by atoms with van der Waals surface area (Å²) in [4.78, 5) is 24.5. The molecule has 0 aromatic heterocycles. The van der Waals surface area contributed by atoms with Gasteiger partial charge in [0.05, 0.1) is 25.4 Å². The van der Waals surface area contributed by atoms with E-state index in [9.17, 15) is 19.8 Å². The van der Waals surface area contributed by atoms with E-state index in [1.165, 1.54) is 270 Å². The van der Waals surface area contributed by atoms with Crippen LogP contribution in [0.5, 0.6) is 0 Å². The monoisotopic (exact) mass is 1030 g/mol. The van der Waals surface area contributed by atoms with Crippen molar-refractivity contribution in [3.8, 4) is 0 Å². The lowest BCUT2D eigenvalue weighted by Crippen LogP contribution is -2.45. The molecule has 0 saturated carbocycles. The highest BCUT2D eigenvalue weighted by molar-refractivity contribution is 5.76. The predicted octanol–water partition coefficient (Wildman–Crippen LogP) is 20.8. The second kappa shape index (κ2) is 62.6. The van der Waals surface area contributed by atoms with Crippen LogP contribution in [0.4, 0.5) is 0 Å². The normalized spacial score (nSPS) is 12.8. The molecular weight excluding hydrogens is 899 g/mol.